The Morgan fingerprint density at radius 2 is 1.92 bits per heavy atom. The van der Waals surface area contributed by atoms with Gasteiger partial charge >= 0.3 is 12.3 Å². The number of pyridine rings is 1. The fourth-order valence-corrected chi connectivity index (χ4v) is 3.11. The van der Waals surface area contributed by atoms with Crippen LogP contribution in [0.2, 0.25) is 10.0 Å². The molecule has 0 aliphatic heterocycles. The van der Waals surface area contributed by atoms with E-state index in [0.29, 0.717) is 21.7 Å². The highest BCUT2D eigenvalue weighted by Gasteiger charge is 2.31. The maximum atomic E-state index is 12.7. The number of aromatic nitrogens is 1. The third-order valence-corrected chi connectivity index (χ3v) is 4.73. The van der Waals surface area contributed by atoms with Gasteiger partial charge in [0.2, 0.25) is 0 Å². The van der Waals surface area contributed by atoms with E-state index in [-0.39, 0.29) is 10.7 Å². The lowest BCUT2D eigenvalue weighted by Gasteiger charge is -2.16. The van der Waals surface area contributed by atoms with E-state index in [0.717, 1.165) is 18.0 Å². The third-order valence-electron chi connectivity index (χ3n) is 3.04. The molecule has 0 atom stereocenters. The highest BCUT2D eigenvalue weighted by Crippen LogP contribution is 2.37. The molecule has 10 heteroatoms. The molecule has 4 nitrogen and oxygen atoms in total. The molecule has 1 aromatic heterocycles. The number of carbonyl (C=O) groups is 1. The van der Waals surface area contributed by atoms with Crippen LogP contribution in [0.25, 0.3) is 11.3 Å². The summed E-state index contributed by atoms with van der Waals surface area (Å²) in [5, 5.41) is 0.210. The van der Waals surface area contributed by atoms with Crippen molar-refractivity contribution in [2.75, 3.05) is 14.2 Å². The number of ether oxygens (including phenoxy) is 1. The lowest BCUT2D eigenvalue weighted by Crippen LogP contribution is -2.18. The average Bonchev–Trinajstić information content (AvgIpc) is 2.55. The highest BCUT2D eigenvalue weighted by molar-refractivity contribution is 7.97. The minimum Gasteiger partial charge on any atom is -0.452 e. The fraction of sp³-hybridized carbons (Fsp3) is 0.200. The molecule has 1 aromatic carbocycles. The second-order valence-corrected chi connectivity index (χ2v) is 6.74. The third kappa shape index (κ3) is 4.71. The average molecular weight is 411 g/mol. The first-order valence-electron chi connectivity index (χ1n) is 6.65. The standard InChI is InChI=1S/C15H11Cl2F3N2O2S/c1-22(14(23)24-2)25-12-5-8(3-4-10(12)16)13-11(17)6-9(7-21-13)15(18,19)20/h3-7H,1-2H3. The number of rotatable bonds is 3. The van der Waals surface area contributed by atoms with Crippen molar-refractivity contribution in [3.63, 3.8) is 0 Å². The zero-order valence-corrected chi connectivity index (χ0v) is 15.2. The molecule has 0 spiro atoms. The largest absolute Gasteiger partial charge is 0.452 e. The van der Waals surface area contributed by atoms with Crippen molar-refractivity contribution in [1.82, 2.24) is 9.29 Å². The Morgan fingerprint density at radius 3 is 2.48 bits per heavy atom. The summed E-state index contributed by atoms with van der Waals surface area (Å²) in [4.78, 5) is 15.8. The zero-order valence-electron chi connectivity index (χ0n) is 12.9. The van der Waals surface area contributed by atoms with Gasteiger partial charge in [0.25, 0.3) is 0 Å². The molecular weight excluding hydrogens is 400 g/mol. The molecule has 1 heterocycles. The number of nitrogens with zero attached hydrogens (tertiary/aromatic N) is 2. The number of alkyl halides is 3. The van der Waals surface area contributed by atoms with Crippen LogP contribution < -0.4 is 0 Å². The summed E-state index contributed by atoms with van der Waals surface area (Å²) in [6.45, 7) is 0. The van der Waals surface area contributed by atoms with Crippen molar-refractivity contribution in [1.29, 1.82) is 0 Å². The van der Waals surface area contributed by atoms with Crippen molar-refractivity contribution in [3.8, 4) is 11.3 Å². The number of amides is 1. The second-order valence-electron chi connectivity index (χ2n) is 4.76. The van der Waals surface area contributed by atoms with Gasteiger partial charge in [-0.2, -0.15) is 13.2 Å². The van der Waals surface area contributed by atoms with Crippen molar-refractivity contribution in [2.45, 2.75) is 11.1 Å². The van der Waals surface area contributed by atoms with Gasteiger partial charge in [-0.25, -0.2) is 4.79 Å². The van der Waals surface area contributed by atoms with Crippen LogP contribution in [0.5, 0.6) is 0 Å². The SMILES string of the molecule is COC(=O)N(C)Sc1cc(-c2ncc(C(F)(F)F)cc2Cl)ccc1Cl. The predicted molar refractivity (Wildman–Crippen MR) is 90.7 cm³/mol. The van der Waals surface area contributed by atoms with Gasteiger partial charge < -0.3 is 4.74 Å². The number of methoxy groups -OCH3 is 1. The van der Waals surface area contributed by atoms with Crippen LogP contribution in [0.15, 0.2) is 35.4 Å². The first-order chi connectivity index (χ1) is 11.6. The second kappa shape index (κ2) is 7.72. The predicted octanol–water partition coefficient (Wildman–Crippen LogP) is 5.78. The van der Waals surface area contributed by atoms with Gasteiger partial charge in [0.15, 0.2) is 0 Å². The number of carbonyl (C=O) groups excluding carboxylic acids is 1. The van der Waals surface area contributed by atoms with Gasteiger partial charge in [0.1, 0.15) is 0 Å². The fourth-order valence-electron chi connectivity index (χ4n) is 1.84. The van der Waals surface area contributed by atoms with E-state index in [9.17, 15) is 18.0 Å². The van der Waals surface area contributed by atoms with E-state index in [2.05, 4.69) is 9.72 Å². The van der Waals surface area contributed by atoms with Gasteiger partial charge in [-0.05, 0) is 30.1 Å². The van der Waals surface area contributed by atoms with Crippen molar-refractivity contribution in [3.05, 3.63) is 46.1 Å². The monoisotopic (exact) mass is 410 g/mol. The first kappa shape index (κ1) is 19.7. The topological polar surface area (TPSA) is 42.4 Å². The number of benzene rings is 1. The molecule has 0 fully saturated rings. The maximum absolute atomic E-state index is 12.7. The molecule has 1 amide bonds. The Morgan fingerprint density at radius 1 is 1.24 bits per heavy atom. The summed E-state index contributed by atoms with van der Waals surface area (Å²) >= 11 is 13.1. The van der Waals surface area contributed by atoms with E-state index < -0.39 is 17.8 Å². The summed E-state index contributed by atoms with van der Waals surface area (Å²) in [7, 11) is 2.73. The molecule has 0 unspecified atom stereocenters. The first-order valence-corrected chi connectivity index (χ1v) is 8.18. The van der Waals surface area contributed by atoms with Gasteiger partial charge in [0, 0.05) is 23.7 Å². The smallest absolute Gasteiger partial charge is 0.419 e. The Kier molecular flexibility index (Phi) is 6.08. The molecule has 0 aliphatic carbocycles. The molecule has 2 aromatic rings. The van der Waals surface area contributed by atoms with E-state index in [1.807, 2.05) is 0 Å². The van der Waals surface area contributed by atoms with Crippen molar-refractivity contribution >= 4 is 41.2 Å². The Labute approximate surface area is 156 Å². The minimum absolute atomic E-state index is 0.144. The molecule has 0 radical (unpaired) electrons. The Balaban J connectivity index is 2.38. The maximum Gasteiger partial charge on any atom is 0.419 e. The minimum atomic E-state index is -4.53. The van der Waals surface area contributed by atoms with Gasteiger partial charge in [-0.3, -0.25) is 9.29 Å². The quantitative estimate of drug-likeness (QED) is 0.601. The number of hydrogen-bond donors (Lipinski definition) is 0. The van der Waals surface area contributed by atoms with Gasteiger partial charge in [-0.1, -0.05) is 29.3 Å². The molecule has 0 bridgehead atoms. The molecule has 2 rings (SSSR count). The molecule has 0 saturated carbocycles. The number of halogens is 5. The molecular formula is C15H11Cl2F3N2O2S. The van der Waals surface area contributed by atoms with E-state index >= 15 is 0 Å². The Bertz CT molecular complexity index is 803. The summed E-state index contributed by atoms with van der Waals surface area (Å²) in [5.41, 5.74) is -0.298. The Hall–Kier alpha value is -1.64. The van der Waals surface area contributed by atoms with E-state index in [4.69, 9.17) is 23.2 Å². The summed E-state index contributed by atoms with van der Waals surface area (Å²) in [6, 6.07) is 5.51. The van der Waals surface area contributed by atoms with E-state index in [1.165, 1.54) is 18.5 Å². The summed E-state index contributed by atoms with van der Waals surface area (Å²) in [5.74, 6) is 0. The molecule has 0 N–H and O–H groups in total. The molecule has 0 saturated heterocycles. The van der Waals surface area contributed by atoms with Crippen LogP contribution in [-0.4, -0.2) is 29.5 Å². The van der Waals surface area contributed by atoms with Crippen LogP contribution >= 0.6 is 35.1 Å². The van der Waals surface area contributed by atoms with E-state index in [1.54, 1.807) is 18.2 Å². The summed E-state index contributed by atoms with van der Waals surface area (Å²) < 4.78 is 43.9. The summed E-state index contributed by atoms with van der Waals surface area (Å²) in [6.07, 6.45) is -4.40. The molecule has 0 aliphatic rings. The van der Waals surface area contributed by atoms with Crippen molar-refractivity contribution < 1.29 is 22.7 Å². The zero-order chi connectivity index (χ0) is 18.8. The van der Waals surface area contributed by atoms with Crippen LogP contribution in [0.1, 0.15) is 5.56 Å². The molecule has 134 valence electrons. The normalized spacial score (nSPS) is 11.3. The lowest BCUT2D eigenvalue weighted by atomic mass is 10.1. The number of hydrogen-bond acceptors (Lipinski definition) is 4. The van der Waals surface area contributed by atoms with Crippen molar-refractivity contribution in [2.24, 2.45) is 0 Å². The highest BCUT2D eigenvalue weighted by atomic mass is 35.5. The molecule has 25 heavy (non-hydrogen) atoms. The lowest BCUT2D eigenvalue weighted by molar-refractivity contribution is -0.137. The van der Waals surface area contributed by atoms with Gasteiger partial charge in [-0.15, -0.1) is 0 Å². The van der Waals surface area contributed by atoms with Crippen LogP contribution in [0, 0.1) is 0 Å². The van der Waals surface area contributed by atoms with Crippen LogP contribution in [0.4, 0.5) is 18.0 Å². The van der Waals surface area contributed by atoms with Gasteiger partial charge in [0.05, 0.1) is 28.4 Å². The van der Waals surface area contributed by atoms with Crippen LogP contribution in [0.3, 0.4) is 0 Å². The van der Waals surface area contributed by atoms with Crippen LogP contribution in [-0.2, 0) is 10.9 Å².